The highest BCUT2D eigenvalue weighted by Crippen LogP contribution is 2.39. The number of unbranched alkanes of at least 4 members (excludes halogenated alkanes) is 1. The Bertz CT molecular complexity index is 275. The smallest absolute Gasteiger partial charge is 0.314 e. The van der Waals surface area contributed by atoms with E-state index in [1.807, 2.05) is 0 Å². The van der Waals surface area contributed by atoms with Crippen molar-refractivity contribution in [1.82, 2.24) is 10.6 Å². The SMILES string of the molecule is CC1(CNC(=O)NCCCCC(=O)O)CCC1. The summed E-state index contributed by atoms with van der Waals surface area (Å²) in [7, 11) is 0. The molecule has 0 atom stereocenters. The minimum atomic E-state index is -0.785. The number of carboxylic acids is 1. The Kier molecular flexibility index (Phi) is 5.25. The number of amides is 2. The Hall–Kier alpha value is -1.26. The number of carbonyl (C=O) groups is 2. The van der Waals surface area contributed by atoms with Gasteiger partial charge in [-0.25, -0.2) is 4.79 Å². The van der Waals surface area contributed by atoms with E-state index < -0.39 is 5.97 Å². The summed E-state index contributed by atoms with van der Waals surface area (Å²) in [6.45, 7) is 3.45. The molecule has 1 saturated carbocycles. The molecule has 0 aromatic rings. The van der Waals surface area contributed by atoms with Crippen LogP contribution in [-0.2, 0) is 4.79 Å². The van der Waals surface area contributed by atoms with Crippen LogP contribution in [0.15, 0.2) is 0 Å². The van der Waals surface area contributed by atoms with Gasteiger partial charge in [-0.15, -0.1) is 0 Å². The van der Waals surface area contributed by atoms with Crippen LogP contribution in [0.3, 0.4) is 0 Å². The molecule has 1 aliphatic carbocycles. The molecule has 5 nitrogen and oxygen atoms in total. The van der Waals surface area contributed by atoms with Crippen LogP contribution < -0.4 is 10.6 Å². The molecule has 0 aliphatic heterocycles. The van der Waals surface area contributed by atoms with E-state index in [9.17, 15) is 9.59 Å². The number of urea groups is 1. The molecule has 2 amide bonds. The van der Waals surface area contributed by atoms with Gasteiger partial charge < -0.3 is 15.7 Å². The fourth-order valence-electron chi connectivity index (χ4n) is 1.92. The summed E-state index contributed by atoms with van der Waals surface area (Å²) in [4.78, 5) is 21.6. The van der Waals surface area contributed by atoms with Crippen molar-refractivity contribution in [1.29, 1.82) is 0 Å². The van der Waals surface area contributed by atoms with Crippen molar-refractivity contribution in [3.05, 3.63) is 0 Å². The molecular formula is C12H22N2O3. The molecule has 0 bridgehead atoms. The first-order chi connectivity index (χ1) is 8.02. The van der Waals surface area contributed by atoms with Gasteiger partial charge in [0.25, 0.3) is 0 Å². The topological polar surface area (TPSA) is 78.4 Å². The van der Waals surface area contributed by atoms with Crippen LogP contribution in [0.5, 0.6) is 0 Å². The average Bonchev–Trinajstić information content (AvgIpc) is 2.23. The van der Waals surface area contributed by atoms with Crippen molar-refractivity contribution < 1.29 is 14.7 Å². The van der Waals surface area contributed by atoms with Crippen LogP contribution in [0, 0.1) is 5.41 Å². The number of rotatable bonds is 7. The summed E-state index contributed by atoms with van der Waals surface area (Å²) < 4.78 is 0. The van der Waals surface area contributed by atoms with Crippen LogP contribution in [0.25, 0.3) is 0 Å². The van der Waals surface area contributed by atoms with Crippen molar-refractivity contribution in [2.24, 2.45) is 5.41 Å². The molecule has 0 unspecified atom stereocenters. The second kappa shape index (κ2) is 6.47. The first-order valence-electron chi connectivity index (χ1n) is 6.25. The van der Waals surface area contributed by atoms with E-state index in [-0.39, 0.29) is 12.5 Å². The van der Waals surface area contributed by atoms with Crippen LogP contribution in [0.2, 0.25) is 0 Å². The molecule has 0 aromatic heterocycles. The van der Waals surface area contributed by atoms with Gasteiger partial charge in [0.2, 0.25) is 0 Å². The van der Waals surface area contributed by atoms with Crippen LogP contribution >= 0.6 is 0 Å². The van der Waals surface area contributed by atoms with E-state index in [0.717, 1.165) is 6.54 Å². The predicted molar refractivity (Wildman–Crippen MR) is 64.8 cm³/mol. The summed E-state index contributed by atoms with van der Waals surface area (Å²) in [6.07, 6.45) is 5.11. The summed E-state index contributed by atoms with van der Waals surface area (Å²) >= 11 is 0. The molecule has 1 rings (SSSR count). The molecule has 1 aliphatic rings. The van der Waals surface area contributed by atoms with Crippen LogP contribution in [0.4, 0.5) is 4.79 Å². The molecule has 0 spiro atoms. The van der Waals surface area contributed by atoms with Gasteiger partial charge in [-0.3, -0.25) is 4.79 Å². The number of hydrogen-bond acceptors (Lipinski definition) is 2. The third-order valence-electron chi connectivity index (χ3n) is 3.34. The van der Waals surface area contributed by atoms with Gasteiger partial charge in [-0.1, -0.05) is 13.3 Å². The minimum Gasteiger partial charge on any atom is -0.481 e. The molecule has 0 saturated heterocycles. The lowest BCUT2D eigenvalue weighted by atomic mass is 9.70. The van der Waals surface area contributed by atoms with E-state index in [4.69, 9.17) is 5.11 Å². The van der Waals surface area contributed by atoms with Gasteiger partial charge in [0.05, 0.1) is 0 Å². The third-order valence-corrected chi connectivity index (χ3v) is 3.34. The Morgan fingerprint density at radius 3 is 2.47 bits per heavy atom. The van der Waals surface area contributed by atoms with E-state index in [2.05, 4.69) is 17.6 Å². The van der Waals surface area contributed by atoms with Crippen LogP contribution in [-0.4, -0.2) is 30.2 Å². The van der Waals surface area contributed by atoms with E-state index in [1.165, 1.54) is 19.3 Å². The van der Waals surface area contributed by atoms with Crippen molar-refractivity contribution in [2.45, 2.75) is 45.4 Å². The summed E-state index contributed by atoms with van der Waals surface area (Å²) in [5.74, 6) is -0.785. The zero-order valence-electron chi connectivity index (χ0n) is 10.4. The second-order valence-corrected chi connectivity index (χ2v) is 5.12. The zero-order valence-corrected chi connectivity index (χ0v) is 10.4. The molecule has 98 valence electrons. The van der Waals surface area contributed by atoms with Crippen molar-refractivity contribution in [3.63, 3.8) is 0 Å². The number of carbonyl (C=O) groups excluding carboxylic acids is 1. The first-order valence-corrected chi connectivity index (χ1v) is 6.25. The molecule has 17 heavy (non-hydrogen) atoms. The maximum Gasteiger partial charge on any atom is 0.314 e. The maximum atomic E-state index is 11.4. The highest BCUT2D eigenvalue weighted by atomic mass is 16.4. The zero-order chi connectivity index (χ0) is 12.7. The van der Waals surface area contributed by atoms with Crippen molar-refractivity contribution >= 4 is 12.0 Å². The fraction of sp³-hybridized carbons (Fsp3) is 0.833. The Morgan fingerprint density at radius 1 is 1.24 bits per heavy atom. The number of hydrogen-bond donors (Lipinski definition) is 3. The summed E-state index contributed by atoms with van der Waals surface area (Å²) in [5, 5.41) is 14.0. The highest BCUT2D eigenvalue weighted by molar-refractivity contribution is 5.73. The summed E-state index contributed by atoms with van der Waals surface area (Å²) in [5.41, 5.74) is 0.292. The van der Waals surface area contributed by atoms with Gasteiger partial charge in [-0.05, 0) is 31.1 Å². The summed E-state index contributed by atoms with van der Waals surface area (Å²) in [6, 6.07) is -0.145. The quantitative estimate of drug-likeness (QED) is 0.595. The normalized spacial score (nSPS) is 17.0. The number of nitrogens with one attached hydrogen (secondary N) is 2. The standard InChI is InChI=1S/C12H22N2O3/c1-12(6-4-7-12)9-14-11(17)13-8-3-2-5-10(15)16/h2-9H2,1H3,(H,15,16)(H2,13,14,17). The Labute approximate surface area is 102 Å². The molecule has 0 radical (unpaired) electrons. The van der Waals surface area contributed by atoms with E-state index in [0.29, 0.717) is 24.8 Å². The molecule has 0 aromatic carbocycles. The predicted octanol–water partition coefficient (Wildman–Crippen LogP) is 1.73. The lowest BCUT2D eigenvalue weighted by molar-refractivity contribution is -0.137. The third kappa shape index (κ3) is 5.56. The van der Waals surface area contributed by atoms with Gasteiger partial charge in [0, 0.05) is 19.5 Å². The second-order valence-electron chi connectivity index (χ2n) is 5.12. The van der Waals surface area contributed by atoms with Crippen molar-refractivity contribution in [3.8, 4) is 0 Å². The molecular weight excluding hydrogens is 220 g/mol. The molecule has 3 N–H and O–H groups in total. The molecule has 1 fully saturated rings. The van der Waals surface area contributed by atoms with Crippen molar-refractivity contribution in [2.75, 3.05) is 13.1 Å². The Morgan fingerprint density at radius 2 is 1.94 bits per heavy atom. The lowest BCUT2D eigenvalue weighted by Crippen LogP contribution is -2.44. The fourth-order valence-corrected chi connectivity index (χ4v) is 1.92. The van der Waals surface area contributed by atoms with Crippen LogP contribution in [0.1, 0.15) is 45.4 Å². The largest absolute Gasteiger partial charge is 0.481 e. The van der Waals surface area contributed by atoms with E-state index in [1.54, 1.807) is 0 Å². The monoisotopic (exact) mass is 242 g/mol. The average molecular weight is 242 g/mol. The molecule has 5 heteroatoms. The van der Waals surface area contributed by atoms with Gasteiger partial charge >= 0.3 is 12.0 Å². The number of carboxylic acid groups (broad SMARTS) is 1. The molecule has 0 heterocycles. The highest BCUT2D eigenvalue weighted by Gasteiger charge is 2.31. The Balaban J connectivity index is 1.96. The number of aliphatic carboxylic acids is 1. The van der Waals surface area contributed by atoms with Gasteiger partial charge in [0.1, 0.15) is 0 Å². The first kappa shape index (κ1) is 13.8. The maximum absolute atomic E-state index is 11.4. The minimum absolute atomic E-state index is 0.145. The van der Waals surface area contributed by atoms with E-state index >= 15 is 0 Å². The lowest BCUT2D eigenvalue weighted by Gasteiger charge is -2.38. The van der Waals surface area contributed by atoms with Gasteiger partial charge in [-0.2, -0.15) is 0 Å². The van der Waals surface area contributed by atoms with Gasteiger partial charge in [0.15, 0.2) is 0 Å².